The number of carbonyl (C=O) groups is 1. The molecular formula is C12H15FN2O5. The highest BCUT2D eigenvalue weighted by Crippen LogP contribution is 2.27. The van der Waals surface area contributed by atoms with Gasteiger partial charge >= 0.3 is 5.97 Å². The Labute approximate surface area is 114 Å². The fourth-order valence-electron chi connectivity index (χ4n) is 1.47. The molecule has 0 saturated carbocycles. The first-order valence-corrected chi connectivity index (χ1v) is 5.63. The van der Waals surface area contributed by atoms with Gasteiger partial charge in [0.1, 0.15) is 12.1 Å². The molecule has 0 bridgehead atoms. The largest absolute Gasteiger partial charge is 0.488 e. The summed E-state index contributed by atoms with van der Waals surface area (Å²) in [7, 11) is 1.17. The second kappa shape index (κ2) is 5.83. The van der Waals surface area contributed by atoms with Crippen LogP contribution >= 0.6 is 0 Å². The monoisotopic (exact) mass is 286 g/mol. The van der Waals surface area contributed by atoms with Gasteiger partial charge < -0.3 is 15.2 Å². The quantitative estimate of drug-likeness (QED) is 0.497. The van der Waals surface area contributed by atoms with E-state index < -0.39 is 22.2 Å². The van der Waals surface area contributed by atoms with Crippen LogP contribution in [0.3, 0.4) is 0 Å². The van der Waals surface area contributed by atoms with Crippen LogP contribution in [0, 0.1) is 22.9 Å². The Hall–Kier alpha value is -2.22. The van der Waals surface area contributed by atoms with Crippen molar-refractivity contribution in [3.05, 3.63) is 33.6 Å². The van der Waals surface area contributed by atoms with E-state index in [9.17, 15) is 19.3 Å². The first kappa shape index (κ1) is 15.8. The summed E-state index contributed by atoms with van der Waals surface area (Å²) in [5.74, 6) is -1.83. The Morgan fingerprint density at radius 3 is 2.65 bits per heavy atom. The molecule has 0 aliphatic rings. The third-order valence-corrected chi connectivity index (χ3v) is 2.63. The molecule has 0 aliphatic carbocycles. The molecule has 0 radical (unpaired) electrons. The molecule has 0 aliphatic heterocycles. The van der Waals surface area contributed by atoms with Gasteiger partial charge in [0.05, 0.1) is 18.1 Å². The lowest BCUT2D eigenvalue weighted by molar-refractivity contribution is -0.385. The standard InChI is InChI=1S/C12H15FN2O5/c1-7-4-10(8(13)5-9(7)15(17)18)20-6-12(2,14)11(16)19-3/h4-5H,6,14H2,1-3H3. The van der Waals surface area contributed by atoms with Gasteiger partial charge in [0.25, 0.3) is 5.69 Å². The Kier molecular flexibility index (Phi) is 4.61. The molecule has 1 rings (SSSR count). The number of hydrogen-bond donors (Lipinski definition) is 1. The zero-order chi connectivity index (χ0) is 15.5. The minimum Gasteiger partial charge on any atom is -0.488 e. The summed E-state index contributed by atoms with van der Waals surface area (Å²) in [5, 5.41) is 10.6. The second-order valence-electron chi connectivity index (χ2n) is 4.52. The van der Waals surface area contributed by atoms with E-state index in [0.717, 1.165) is 6.07 Å². The number of rotatable bonds is 5. The van der Waals surface area contributed by atoms with Crippen molar-refractivity contribution in [2.75, 3.05) is 13.7 Å². The summed E-state index contributed by atoms with van der Waals surface area (Å²) < 4.78 is 23.3. The molecule has 0 aromatic heterocycles. The predicted octanol–water partition coefficient (Wildman–Crippen LogP) is 1.31. The van der Waals surface area contributed by atoms with Crippen LogP contribution in [0.5, 0.6) is 5.75 Å². The molecule has 0 spiro atoms. The number of nitro groups is 1. The number of methoxy groups -OCH3 is 1. The number of benzene rings is 1. The highest BCUT2D eigenvalue weighted by atomic mass is 19.1. The number of aryl methyl sites for hydroxylation is 1. The molecule has 20 heavy (non-hydrogen) atoms. The third kappa shape index (κ3) is 3.41. The Morgan fingerprint density at radius 2 is 2.15 bits per heavy atom. The minimum absolute atomic E-state index is 0.214. The number of nitrogens with zero attached hydrogens (tertiary/aromatic N) is 1. The minimum atomic E-state index is -1.45. The number of esters is 1. The number of halogens is 1. The van der Waals surface area contributed by atoms with Crippen LogP contribution in [0.15, 0.2) is 12.1 Å². The summed E-state index contributed by atoms with van der Waals surface area (Å²) in [6.45, 7) is 2.50. The molecule has 2 N–H and O–H groups in total. The molecule has 110 valence electrons. The average molecular weight is 286 g/mol. The van der Waals surface area contributed by atoms with Crippen molar-refractivity contribution in [2.45, 2.75) is 19.4 Å². The summed E-state index contributed by atoms with van der Waals surface area (Å²) in [4.78, 5) is 21.3. The van der Waals surface area contributed by atoms with Gasteiger partial charge in [-0.05, 0) is 19.9 Å². The summed E-state index contributed by atoms with van der Waals surface area (Å²) in [6.07, 6.45) is 0. The van der Waals surface area contributed by atoms with E-state index in [2.05, 4.69) is 4.74 Å². The lowest BCUT2D eigenvalue weighted by atomic mass is 10.1. The number of nitrogens with two attached hydrogens (primary N) is 1. The first-order chi connectivity index (χ1) is 9.19. The van der Waals surface area contributed by atoms with Crippen LogP contribution in [-0.2, 0) is 9.53 Å². The Bertz CT molecular complexity index is 545. The molecule has 0 saturated heterocycles. The van der Waals surface area contributed by atoms with Gasteiger partial charge in [0.15, 0.2) is 11.6 Å². The number of hydrogen-bond acceptors (Lipinski definition) is 6. The van der Waals surface area contributed by atoms with Gasteiger partial charge in [-0.3, -0.25) is 10.1 Å². The number of nitro benzene ring substituents is 1. The summed E-state index contributed by atoms with van der Waals surface area (Å²) in [5.41, 5.74) is 4.10. The molecule has 1 aromatic rings. The summed E-state index contributed by atoms with van der Waals surface area (Å²) in [6, 6.07) is 1.94. The maximum Gasteiger partial charge on any atom is 0.329 e. The van der Waals surface area contributed by atoms with E-state index in [1.807, 2.05) is 0 Å². The molecule has 0 amide bonds. The van der Waals surface area contributed by atoms with Crippen molar-refractivity contribution in [2.24, 2.45) is 5.73 Å². The van der Waals surface area contributed by atoms with Crippen LogP contribution in [0.2, 0.25) is 0 Å². The van der Waals surface area contributed by atoms with E-state index >= 15 is 0 Å². The number of ether oxygens (including phenoxy) is 2. The van der Waals surface area contributed by atoms with E-state index in [4.69, 9.17) is 10.5 Å². The molecule has 8 heteroatoms. The van der Waals surface area contributed by atoms with Gasteiger partial charge in [0, 0.05) is 5.56 Å². The molecule has 7 nitrogen and oxygen atoms in total. The van der Waals surface area contributed by atoms with Gasteiger partial charge in [-0.2, -0.15) is 0 Å². The second-order valence-corrected chi connectivity index (χ2v) is 4.52. The van der Waals surface area contributed by atoms with Crippen molar-refractivity contribution in [3.63, 3.8) is 0 Å². The molecule has 1 unspecified atom stereocenters. The molecule has 0 heterocycles. The van der Waals surface area contributed by atoms with Crippen molar-refractivity contribution in [1.29, 1.82) is 0 Å². The van der Waals surface area contributed by atoms with Crippen LogP contribution in [0.1, 0.15) is 12.5 Å². The lowest BCUT2D eigenvalue weighted by Crippen LogP contribution is -2.50. The topological polar surface area (TPSA) is 105 Å². The van der Waals surface area contributed by atoms with E-state index in [1.54, 1.807) is 0 Å². The first-order valence-electron chi connectivity index (χ1n) is 5.63. The van der Waals surface area contributed by atoms with Crippen LogP contribution in [0.4, 0.5) is 10.1 Å². The predicted molar refractivity (Wildman–Crippen MR) is 67.9 cm³/mol. The smallest absolute Gasteiger partial charge is 0.329 e. The van der Waals surface area contributed by atoms with Crippen LogP contribution in [-0.4, -0.2) is 30.1 Å². The zero-order valence-corrected chi connectivity index (χ0v) is 11.3. The molecular weight excluding hydrogens is 271 g/mol. The van der Waals surface area contributed by atoms with Gasteiger partial charge in [-0.15, -0.1) is 0 Å². The van der Waals surface area contributed by atoms with Crippen molar-refractivity contribution in [3.8, 4) is 5.75 Å². The Balaban J connectivity index is 2.92. The van der Waals surface area contributed by atoms with E-state index in [1.165, 1.54) is 27.0 Å². The maximum absolute atomic E-state index is 13.7. The fourth-order valence-corrected chi connectivity index (χ4v) is 1.47. The van der Waals surface area contributed by atoms with Gasteiger partial charge in [0.2, 0.25) is 0 Å². The summed E-state index contributed by atoms with van der Waals surface area (Å²) >= 11 is 0. The SMILES string of the molecule is COC(=O)C(C)(N)COc1cc(C)c([N+](=O)[O-])cc1F. The van der Waals surface area contributed by atoms with E-state index in [-0.39, 0.29) is 23.6 Å². The van der Waals surface area contributed by atoms with Gasteiger partial charge in [-0.25, -0.2) is 9.18 Å². The zero-order valence-electron chi connectivity index (χ0n) is 11.3. The molecule has 1 atom stereocenters. The van der Waals surface area contributed by atoms with Crippen molar-refractivity contribution < 1.29 is 23.6 Å². The normalized spacial score (nSPS) is 13.4. The third-order valence-electron chi connectivity index (χ3n) is 2.63. The average Bonchev–Trinajstić information content (AvgIpc) is 2.37. The number of carbonyl (C=O) groups excluding carboxylic acids is 1. The lowest BCUT2D eigenvalue weighted by Gasteiger charge is -2.21. The molecule has 1 aromatic carbocycles. The van der Waals surface area contributed by atoms with Crippen LogP contribution in [0.25, 0.3) is 0 Å². The molecule has 0 fully saturated rings. The maximum atomic E-state index is 13.7. The Morgan fingerprint density at radius 1 is 1.55 bits per heavy atom. The van der Waals surface area contributed by atoms with Crippen molar-refractivity contribution >= 4 is 11.7 Å². The highest BCUT2D eigenvalue weighted by molar-refractivity contribution is 5.80. The van der Waals surface area contributed by atoms with E-state index in [0.29, 0.717) is 0 Å². The van der Waals surface area contributed by atoms with Crippen LogP contribution < -0.4 is 10.5 Å². The van der Waals surface area contributed by atoms with Crippen molar-refractivity contribution in [1.82, 2.24) is 0 Å². The highest BCUT2D eigenvalue weighted by Gasteiger charge is 2.31. The van der Waals surface area contributed by atoms with Gasteiger partial charge in [-0.1, -0.05) is 0 Å². The fraction of sp³-hybridized carbons (Fsp3) is 0.417.